The van der Waals surface area contributed by atoms with Crippen molar-refractivity contribution in [3.63, 3.8) is 0 Å². The number of hydrogen-bond acceptors (Lipinski definition) is 4. The largest absolute Gasteiger partial charge is 0.464 e. The number of ether oxygens (including phenoxy) is 1. The second-order valence-corrected chi connectivity index (χ2v) is 7.58. The third kappa shape index (κ3) is 19.7. The normalized spacial score (nSPS) is 12.6. The van der Waals surface area contributed by atoms with E-state index in [-0.39, 0.29) is 24.4 Å². The Labute approximate surface area is 161 Å². The highest BCUT2D eigenvalue weighted by atomic mass is 32.1. The zero-order chi connectivity index (χ0) is 18.6. The molecule has 1 atom stereocenters. The molecule has 0 aromatic rings. The van der Waals surface area contributed by atoms with Crippen LogP contribution in [0.4, 0.5) is 0 Å². The molecule has 0 rings (SSSR count). The van der Waals surface area contributed by atoms with Crippen molar-refractivity contribution in [3.8, 4) is 0 Å². The van der Waals surface area contributed by atoms with E-state index in [2.05, 4.69) is 31.7 Å². The smallest absolute Gasteiger partial charge is 0.305 e. The van der Waals surface area contributed by atoms with Crippen LogP contribution in [0.1, 0.15) is 96.8 Å². The van der Waals surface area contributed by atoms with Crippen molar-refractivity contribution in [1.82, 2.24) is 0 Å². The molecule has 25 heavy (non-hydrogen) atoms. The number of allylic oxidation sites excluding steroid dienone is 2. The second-order valence-electron chi connectivity index (χ2n) is 6.85. The van der Waals surface area contributed by atoms with Gasteiger partial charge in [0.15, 0.2) is 0 Å². The molecule has 0 aliphatic heterocycles. The van der Waals surface area contributed by atoms with Gasteiger partial charge in [0.1, 0.15) is 6.61 Å². The van der Waals surface area contributed by atoms with Crippen LogP contribution >= 0.6 is 12.6 Å². The van der Waals surface area contributed by atoms with Gasteiger partial charge in [-0.3, -0.25) is 4.79 Å². The Kier molecular flexibility index (Phi) is 19.5. The van der Waals surface area contributed by atoms with Gasteiger partial charge in [-0.25, -0.2) is 0 Å². The first-order chi connectivity index (χ1) is 12.2. The van der Waals surface area contributed by atoms with E-state index in [4.69, 9.17) is 9.84 Å². The van der Waals surface area contributed by atoms with E-state index in [1.807, 2.05) is 0 Å². The molecular formula is C21H40O3S. The van der Waals surface area contributed by atoms with Gasteiger partial charge in [-0.2, -0.15) is 12.6 Å². The minimum Gasteiger partial charge on any atom is -0.464 e. The Morgan fingerprint density at radius 1 is 0.920 bits per heavy atom. The molecular weight excluding hydrogens is 332 g/mol. The van der Waals surface area contributed by atoms with Crippen molar-refractivity contribution in [3.05, 3.63) is 12.2 Å². The van der Waals surface area contributed by atoms with Crippen LogP contribution in [0.3, 0.4) is 0 Å². The topological polar surface area (TPSA) is 46.5 Å². The van der Waals surface area contributed by atoms with Gasteiger partial charge in [0.25, 0.3) is 0 Å². The van der Waals surface area contributed by atoms with E-state index >= 15 is 0 Å². The average Bonchev–Trinajstić information content (AvgIpc) is 2.62. The van der Waals surface area contributed by atoms with E-state index in [0.29, 0.717) is 6.42 Å². The molecule has 0 spiro atoms. The number of aliphatic hydroxyl groups excluding tert-OH is 1. The summed E-state index contributed by atoms with van der Waals surface area (Å²) in [6, 6.07) is 0. The lowest BCUT2D eigenvalue weighted by atomic mass is 10.1. The van der Waals surface area contributed by atoms with Crippen LogP contribution in [-0.4, -0.2) is 29.5 Å². The van der Waals surface area contributed by atoms with Gasteiger partial charge < -0.3 is 9.84 Å². The number of carbonyl (C=O) groups excluding carboxylic acids is 1. The van der Waals surface area contributed by atoms with Crippen LogP contribution in [0.2, 0.25) is 0 Å². The van der Waals surface area contributed by atoms with Crippen LogP contribution in [0, 0.1) is 0 Å². The zero-order valence-electron chi connectivity index (χ0n) is 16.3. The summed E-state index contributed by atoms with van der Waals surface area (Å²) >= 11 is 4.07. The summed E-state index contributed by atoms with van der Waals surface area (Å²) in [6.45, 7) is 2.39. The van der Waals surface area contributed by atoms with Gasteiger partial charge >= 0.3 is 5.97 Å². The minimum atomic E-state index is -0.266. The van der Waals surface area contributed by atoms with E-state index < -0.39 is 0 Å². The molecule has 0 aliphatic rings. The molecule has 148 valence electrons. The van der Waals surface area contributed by atoms with Gasteiger partial charge in [-0.15, -0.1) is 0 Å². The molecule has 0 radical (unpaired) electrons. The first-order valence-corrected chi connectivity index (χ1v) is 10.8. The molecule has 0 amide bonds. The predicted molar refractivity (Wildman–Crippen MR) is 110 cm³/mol. The van der Waals surface area contributed by atoms with Crippen molar-refractivity contribution in [2.45, 2.75) is 102 Å². The third-order valence-electron chi connectivity index (χ3n) is 4.29. The Balaban J connectivity index is 3.22. The van der Waals surface area contributed by atoms with Gasteiger partial charge in [0.2, 0.25) is 0 Å². The quantitative estimate of drug-likeness (QED) is 0.137. The Bertz CT molecular complexity index is 318. The molecule has 0 saturated carbocycles. The van der Waals surface area contributed by atoms with Crippen molar-refractivity contribution in [1.29, 1.82) is 0 Å². The molecule has 3 nitrogen and oxygen atoms in total. The van der Waals surface area contributed by atoms with Crippen LogP contribution < -0.4 is 0 Å². The van der Waals surface area contributed by atoms with E-state index in [1.54, 1.807) is 0 Å². The third-order valence-corrected chi connectivity index (χ3v) is 4.60. The molecule has 1 N–H and O–H groups in total. The molecule has 1 unspecified atom stereocenters. The summed E-state index contributed by atoms with van der Waals surface area (Å²) in [4.78, 5) is 11.5. The first kappa shape index (κ1) is 24.5. The number of hydrogen-bond donors (Lipinski definition) is 2. The predicted octanol–water partition coefficient (Wildman–Crippen LogP) is 5.86. The zero-order valence-corrected chi connectivity index (χ0v) is 17.2. The highest BCUT2D eigenvalue weighted by molar-refractivity contribution is 7.81. The van der Waals surface area contributed by atoms with Gasteiger partial charge in [-0.1, -0.05) is 70.4 Å². The second kappa shape index (κ2) is 19.8. The minimum absolute atomic E-state index is 0.0657. The summed E-state index contributed by atoms with van der Waals surface area (Å²) in [5.41, 5.74) is 0. The van der Waals surface area contributed by atoms with Gasteiger partial charge in [0, 0.05) is 6.42 Å². The molecule has 0 bridgehead atoms. The van der Waals surface area contributed by atoms with Crippen molar-refractivity contribution in [2.75, 3.05) is 13.2 Å². The lowest BCUT2D eigenvalue weighted by Gasteiger charge is -2.08. The number of thiol groups is 1. The summed E-state index contributed by atoms with van der Waals surface area (Å²) in [6.07, 6.45) is 21.4. The van der Waals surface area contributed by atoms with E-state index in [9.17, 15) is 4.79 Å². The molecule has 4 heteroatoms. The fourth-order valence-electron chi connectivity index (χ4n) is 2.65. The standard InChI is InChI=1S/C21H40O3S/c1-2-3-4-5-6-7-8-9-10-11-12-13-14-15-16-17-21(23)24-19-20(25)18-22/h9-10,20,22,25H,2-8,11-19H2,1H3. The lowest BCUT2D eigenvalue weighted by Crippen LogP contribution is -2.17. The molecule has 0 aromatic heterocycles. The van der Waals surface area contributed by atoms with Crippen LogP contribution in [-0.2, 0) is 9.53 Å². The number of rotatable bonds is 18. The Hall–Kier alpha value is -0.480. The van der Waals surface area contributed by atoms with E-state index in [0.717, 1.165) is 12.8 Å². The summed E-state index contributed by atoms with van der Waals surface area (Å²) in [5, 5.41) is 8.53. The molecule has 0 saturated heterocycles. The lowest BCUT2D eigenvalue weighted by molar-refractivity contribution is -0.143. The van der Waals surface area contributed by atoms with Gasteiger partial charge in [-0.05, 0) is 32.1 Å². The molecule has 0 fully saturated rings. The van der Waals surface area contributed by atoms with Crippen LogP contribution in [0.5, 0.6) is 0 Å². The maximum atomic E-state index is 11.5. The Morgan fingerprint density at radius 3 is 2.00 bits per heavy atom. The first-order valence-electron chi connectivity index (χ1n) is 10.3. The Morgan fingerprint density at radius 2 is 1.44 bits per heavy atom. The summed E-state index contributed by atoms with van der Waals surface area (Å²) < 4.78 is 5.03. The SMILES string of the molecule is CCCCCCCCC=CCCCCCCCC(=O)OCC(S)CO. The molecule has 0 heterocycles. The van der Waals surface area contributed by atoms with Crippen molar-refractivity contribution >= 4 is 18.6 Å². The fourth-order valence-corrected chi connectivity index (χ4v) is 2.73. The van der Waals surface area contributed by atoms with Crippen molar-refractivity contribution < 1.29 is 14.6 Å². The maximum Gasteiger partial charge on any atom is 0.305 e. The monoisotopic (exact) mass is 372 g/mol. The number of carbonyl (C=O) groups is 1. The number of unbranched alkanes of at least 4 members (excludes halogenated alkanes) is 11. The van der Waals surface area contributed by atoms with Crippen LogP contribution in [0.25, 0.3) is 0 Å². The summed E-state index contributed by atoms with van der Waals surface area (Å²) in [5.74, 6) is -0.176. The average molecular weight is 373 g/mol. The molecule has 0 aromatic carbocycles. The molecule has 0 aliphatic carbocycles. The van der Waals surface area contributed by atoms with Crippen molar-refractivity contribution in [2.24, 2.45) is 0 Å². The number of aliphatic hydroxyl groups is 1. The van der Waals surface area contributed by atoms with Crippen LogP contribution in [0.15, 0.2) is 12.2 Å². The summed E-state index contributed by atoms with van der Waals surface area (Å²) in [7, 11) is 0. The van der Waals surface area contributed by atoms with E-state index in [1.165, 1.54) is 70.6 Å². The highest BCUT2D eigenvalue weighted by Crippen LogP contribution is 2.10. The fraction of sp³-hybridized carbons (Fsp3) is 0.857. The highest BCUT2D eigenvalue weighted by Gasteiger charge is 2.06. The number of esters is 1. The van der Waals surface area contributed by atoms with Gasteiger partial charge in [0.05, 0.1) is 11.9 Å². The maximum absolute atomic E-state index is 11.5.